The molecule has 1 atom stereocenters. The largest absolute Gasteiger partial charge is 0.465 e. The number of likely N-dealkylation sites (tertiary alicyclic amines) is 1. The predicted octanol–water partition coefficient (Wildman–Crippen LogP) is 3.19. The molecule has 2 N–H and O–H groups in total. The topological polar surface area (TPSA) is 65.5 Å². The molecule has 0 radical (unpaired) electrons. The van der Waals surface area contributed by atoms with Crippen LogP contribution in [0.3, 0.4) is 0 Å². The zero-order valence-electron chi connectivity index (χ0n) is 13.0. The van der Waals surface area contributed by atoms with Gasteiger partial charge in [-0.1, -0.05) is 30.3 Å². The highest BCUT2D eigenvalue weighted by atomic mass is 16.4. The highest BCUT2D eigenvalue weighted by Gasteiger charge is 2.26. The molecule has 1 aliphatic rings. The molecule has 1 aliphatic heterocycles. The normalized spacial score (nSPS) is 18.0. The van der Waals surface area contributed by atoms with Crippen LogP contribution in [0.1, 0.15) is 35.6 Å². The summed E-state index contributed by atoms with van der Waals surface area (Å²) in [4.78, 5) is 17.3. The Kier molecular flexibility index (Phi) is 4.88. The lowest BCUT2D eigenvalue weighted by Crippen LogP contribution is -2.23. The summed E-state index contributed by atoms with van der Waals surface area (Å²) in [5.74, 6) is 0. The standard InChI is InChI=1S/C18H21N3O2/c22-18(23)20-12-14-4-1-6-16(10-14)17-7-3-9-21(17)13-15-5-2-8-19-11-15/h1-2,4-6,8,10-11,17,20H,3,7,9,12-13H2,(H,22,23). The number of pyridine rings is 1. The van der Waals surface area contributed by atoms with Crippen LogP contribution in [0.4, 0.5) is 4.79 Å². The summed E-state index contributed by atoms with van der Waals surface area (Å²) in [6.45, 7) is 2.33. The zero-order valence-corrected chi connectivity index (χ0v) is 13.0. The summed E-state index contributed by atoms with van der Waals surface area (Å²) in [5, 5.41) is 11.2. The minimum absolute atomic E-state index is 0.346. The molecule has 1 fully saturated rings. The highest BCUT2D eigenvalue weighted by molar-refractivity contribution is 5.64. The number of aromatic nitrogens is 1. The van der Waals surface area contributed by atoms with Crippen molar-refractivity contribution in [3.63, 3.8) is 0 Å². The average molecular weight is 311 g/mol. The Bertz CT molecular complexity index is 660. The zero-order chi connectivity index (χ0) is 16.1. The Balaban J connectivity index is 1.72. The maximum absolute atomic E-state index is 10.6. The molecule has 0 bridgehead atoms. The number of benzene rings is 1. The van der Waals surface area contributed by atoms with Gasteiger partial charge in [-0.15, -0.1) is 0 Å². The van der Waals surface area contributed by atoms with Gasteiger partial charge in [0.1, 0.15) is 0 Å². The van der Waals surface area contributed by atoms with E-state index in [0.717, 1.165) is 25.1 Å². The van der Waals surface area contributed by atoms with Crippen LogP contribution in [-0.2, 0) is 13.1 Å². The molecule has 3 rings (SSSR count). The Morgan fingerprint density at radius 2 is 2.17 bits per heavy atom. The molecule has 5 heteroatoms. The number of amides is 1. The summed E-state index contributed by atoms with van der Waals surface area (Å²) in [5.41, 5.74) is 3.48. The van der Waals surface area contributed by atoms with E-state index >= 15 is 0 Å². The first-order valence-electron chi connectivity index (χ1n) is 7.91. The van der Waals surface area contributed by atoms with Crippen LogP contribution in [0.2, 0.25) is 0 Å². The SMILES string of the molecule is O=C(O)NCc1cccc(C2CCCN2Cc2cccnc2)c1. The fourth-order valence-electron chi connectivity index (χ4n) is 3.21. The van der Waals surface area contributed by atoms with Gasteiger partial charge in [-0.05, 0) is 42.1 Å². The molecular formula is C18H21N3O2. The van der Waals surface area contributed by atoms with Crippen molar-refractivity contribution in [3.8, 4) is 0 Å². The van der Waals surface area contributed by atoms with Crippen molar-refractivity contribution in [1.29, 1.82) is 0 Å². The second-order valence-electron chi connectivity index (χ2n) is 5.89. The van der Waals surface area contributed by atoms with E-state index in [9.17, 15) is 4.79 Å². The second kappa shape index (κ2) is 7.24. The van der Waals surface area contributed by atoms with Crippen molar-refractivity contribution in [2.24, 2.45) is 0 Å². The van der Waals surface area contributed by atoms with E-state index in [1.54, 1.807) is 6.20 Å². The van der Waals surface area contributed by atoms with Gasteiger partial charge in [0.25, 0.3) is 0 Å². The Morgan fingerprint density at radius 1 is 1.30 bits per heavy atom. The van der Waals surface area contributed by atoms with Gasteiger partial charge in [-0.25, -0.2) is 4.79 Å². The van der Waals surface area contributed by atoms with Gasteiger partial charge in [0.05, 0.1) is 0 Å². The molecule has 2 heterocycles. The van der Waals surface area contributed by atoms with Crippen LogP contribution in [0.5, 0.6) is 0 Å². The van der Waals surface area contributed by atoms with Crippen molar-refractivity contribution in [1.82, 2.24) is 15.2 Å². The first kappa shape index (κ1) is 15.5. The van der Waals surface area contributed by atoms with E-state index in [1.807, 2.05) is 24.4 Å². The van der Waals surface area contributed by atoms with E-state index in [-0.39, 0.29) is 0 Å². The highest BCUT2D eigenvalue weighted by Crippen LogP contribution is 2.33. The van der Waals surface area contributed by atoms with Gasteiger partial charge in [-0.2, -0.15) is 0 Å². The van der Waals surface area contributed by atoms with Crippen LogP contribution in [-0.4, -0.2) is 27.6 Å². The van der Waals surface area contributed by atoms with Gasteiger partial charge in [-0.3, -0.25) is 9.88 Å². The number of nitrogens with zero attached hydrogens (tertiary/aromatic N) is 2. The molecule has 23 heavy (non-hydrogen) atoms. The van der Waals surface area contributed by atoms with Crippen molar-refractivity contribution in [3.05, 3.63) is 65.5 Å². The lowest BCUT2D eigenvalue weighted by atomic mass is 10.0. The summed E-state index contributed by atoms with van der Waals surface area (Å²) >= 11 is 0. The van der Waals surface area contributed by atoms with Crippen molar-refractivity contribution in [2.75, 3.05) is 6.54 Å². The fourth-order valence-corrected chi connectivity index (χ4v) is 3.21. The Hall–Kier alpha value is -2.40. The smallest absolute Gasteiger partial charge is 0.404 e. The quantitative estimate of drug-likeness (QED) is 0.890. The Morgan fingerprint density at radius 3 is 2.96 bits per heavy atom. The molecule has 0 aliphatic carbocycles. The van der Waals surface area contributed by atoms with E-state index in [4.69, 9.17) is 5.11 Å². The number of carboxylic acid groups (broad SMARTS) is 1. The third-order valence-electron chi connectivity index (χ3n) is 4.25. The van der Waals surface area contributed by atoms with Gasteiger partial charge in [0, 0.05) is 31.5 Å². The first-order chi connectivity index (χ1) is 11.2. The van der Waals surface area contributed by atoms with E-state index in [0.29, 0.717) is 12.6 Å². The van der Waals surface area contributed by atoms with Crippen LogP contribution < -0.4 is 5.32 Å². The summed E-state index contributed by atoms with van der Waals surface area (Å²) < 4.78 is 0. The van der Waals surface area contributed by atoms with E-state index < -0.39 is 6.09 Å². The van der Waals surface area contributed by atoms with E-state index in [1.165, 1.54) is 17.5 Å². The van der Waals surface area contributed by atoms with Crippen LogP contribution in [0.15, 0.2) is 48.8 Å². The van der Waals surface area contributed by atoms with Crippen molar-refractivity contribution in [2.45, 2.75) is 32.0 Å². The summed E-state index contributed by atoms with van der Waals surface area (Å²) in [6.07, 6.45) is 5.04. The molecule has 1 aromatic heterocycles. The molecule has 1 amide bonds. The molecule has 5 nitrogen and oxygen atoms in total. The molecule has 120 valence electrons. The number of carbonyl (C=O) groups is 1. The van der Waals surface area contributed by atoms with Gasteiger partial charge >= 0.3 is 6.09 Å². The predicted molar refractivity (Wildman–Crippen MR) is 87.9 cm³/mol. The van der Waals surface area contributed by atoms with Crippen LogP contribution in [0.25, 0.3) is 0 Å². The lowest BCUT2D eigenvalue weighted by Gasteiger charge is -2.25. The number of hydrogen-bond acceptors (Lipinski definition) is 3. The molecule has 1 unspecified atom stereocenters. The Labute approximate surface area is 136 Å². The minimum atomic E-state index is -0.991. The third-order valence-corrected chi connectivity index (χ3v) is 4.25. The van der Waals surface area contributed by atoms with Crippen molar-refractivity contribution >= 4 is 6.09 Å². The minimum Gasteiger partial charge on any atom is -0.465 e. The van der Waals surface area contributed by atoms with Crippen LogP contribution in [0, 0.1) is 0 Å². The number of rotatable bonds is 5. The lowest BCUT2D eigenvalue weighted by molar-refractivity contribution is 0.194. The maximum Gasteiger partial charge on any atom is 0.404 e. The van der Waals surface area contributed by atoms with E-state index in [2.05, 4.69) is 33.4 Å². The average Bonchev–Trinajstić information content (AvgIpc) is 3.02. The third kappa shape index (κ3) is 4.07. The first-order valence-corrected chi connectivity index (χ1v) is 7.91. The van der Waals surface area contributed by atoms with Crippen LogP contribution >= 0.6 is 0 Å². The molecular weight excluding hydrogens is 290 g/mol. The number of nitrogens with one attached hydrogen (secondary N) is 1. The van der Waals surface area contributed by atoms with Gasteiger partial charge in [0.2, 0.25) is 0 Å². The van der Waals surface area contributed by atoms with Gasteiger partial charge in [0.15, 0.2) is 0 Å². The summed E-state index contributed by atoms with van der Waals surface area (Å²) in [7, 11) is 0. The monoisotopic (exact) mass is 311 g/mol. The maximum atomic E-state index is 10.6. The van der Waals surface area contributed by atoms with Gasteiger partial charge < -0.3 is 10.4 Å². The molecule has 0 spiro atoms. The fraction of sp³-hybridized carbons (Fsp3) is 0.333. The molecule has 1 aromatic carbocycles. The summed E-state index contributed by atoms with van der Waals surface area (Å²) in [6, 6.07) is 12.7. The molecule has 1 saturated heterocycles. The second-order valence-corrected chi connectivity index (χ2v) is 5.89. The number of hydrogen-bond donors (Lipinski definition) is 2. The molecule has 0 saturated carbocycles. The molecule has 2 aromatic rings. The van der Waals surface area contributed by atoms with Crippen molar-refractivity contribution < 1.29 is 9.90 Å².